The average molecular weight is 637 g/mol. The van der Waals surface area contributed by atoms with Crippen LogP contribution in [0.15, 0.2) is 60.7 Å². The van der Waals surface area contributed by atoms with E-state index in [1.807, 2.05) is 61.2 Å². The Morgan fingerprint density at radius 2 is 1.64 bits per heavy atom. The first kappa shape index (κ1) is 32.3. The summed E-state index contributed by atoms with van der Waals surface area (Å²) >= 11 is 0. The van der Waals surface area contributed by atoms with Gasteiger partial charge in [0.05, 0.1) is 24.8 Å². The molecule has 1 fully saturated rings. The summed E-state index contributed by atoms with van der Waals surface area (Å²) in [6.45, 7) is 4.79. The third-order valence-electron chi connectivity index (χ3n) is 8.47. The van der Waals surface area contributed by atoms with Gasteiger partial charge in [-0.3, -0.25) is 14.5 Å². The molecule has 5 rings (SSSR count). The lowest BCUT2D eigenvalue weighted by atomic mass is 9.82. The van der Waals surface area contributed by atoms with Crippen LogP contribution in [-0.4, -0.2) is 68.8 Å². The Labute approximate surface area is 264 Å². The standard InChI is InChI=1S/C34H40N2O8S/c1-4-22-8-6-9-23(5-2)32(22)35-30(37)20-36-19-27(25-12-15-28-29(18-25)44-21-43-28)31(34(38)39)33(36)24-10-13-26(14-11-24)42-16-7-17-45(3,40)41/h6,8-15,18,27,31,33H,4-5,7,16-17,19-21H2,1-3H3,(H,35,37)(H,38,39)/t27-,31-,33+/m1/s1. The van der Waals surface area contributed by atoms with Gasteiger partial charge < -0.3 is 24.6 Å². The minimum Gasteiger partial charge on any atom is -0.494 e. The van der Waals surface area contributed by atoms with Crippen molar-refractivity contribution in [1.82, 2.24) is 4.90 Å². The zero-order chi connectivity index (χ0) is 32.1. The van der Waals surface area contributed by atoms with Crippen molar-refractivity contribution < 1.29 is 37.3 Å². The number of amides is 1. The molecule has 0 spiro atoms. The molecule has 3 atom stereocenters. The fourth-order valence-corrected chi connectivity index (χ4v) is 6.95. The molecule has 0 radical (unpaired) electrons. The lowest BCUT2D eigenvalue weighted by Gasteiger charge is -2.27. The van der Waals surface area contributed by atoms with E-state index < -0.39 is 33.7 Å². The highest BCUT2D eigenvalue weighted by molar-refractivity contribution is 7.90. The second-order valence-corrected chi connectivity index (χ2v) is 13.8. The topological polar surface area (TPSA) is 131 Å². The third kappa shape index (κ3) is 7.59. The summed E-state index contributed by atoms with van der Waals surface area (Å²) in [6, 6.07) is 18.1. The Morgan fingerprint density at radius 3 is 2.29 bits per heavy atom. The molecule has 240 valence electrons. The number of aryl methyl sites for hydroxylation is 2. The van der Waals surface area contributed by atoms with Crippen LogP contribution < -0.4 is 19.5 Å². The van der Waals surface area contributed by atoms with Crippen LogP contribution in [-0.2, 0) is 32.3 Å². The van der Waals surface area contributed by atoms with E-state index in [4.69, 9.17) is 14.2 Å². The monoisotopic (exact) mass is 636 g/mol. The zero-order valence-corrected chi connectivity index (χ0v) is 26.6. The maximum Gasteiger partial charge on any atom is 0.309 e. The van der Waals surface area contributed by atoms with Crippen LogP contribution in [0.25, 0.3) is 0 Å². The Kier molecular flexibility index (Phi) is 9.99. The summed E-state index contributed by atoms with van der Waals surface area (Å²) in [7, 11) is -3.08. The number of carboxylic acid groups (broad SMARTS) is 1. The summed E-state index contributed by atoms with van der Waals surface area (Å²) < 4.78 is 39.7. The van der Waals surface area contributed by atoms with E-state index in [9.17, 15) is 23.1 Å². The molecule has 11 heteroatoms. The van der Waals surface area contributed by atoms with Crippen LogP contribution >= 0.6 is 0 Å². The van der Waals surface area contributed by atoms with Crippen LogP contribution in [0.3, 0.4) is 0 Å². The molecule has 3 aromatic rings. The number of carbonyl (C=O) groups is 2. The van der Waals surface area contributed by atoms with Gasteiger partial charge >= 0.3 is 5.97 Å². The molecular weight excluding hydrogens is 596 g/mol. The summed E-state index contributed by atoms with van der Waals surface area (Å²) in [5, 5.41) is 13.7. The lowest BCUT2D eigenvalue weighted by Crippen LogP contribution is -2.35. The van der Waals surface area contributed by atoms with Crippen molar-refractivity contribution in [2.45, 2.75) is 45.1 Å². The molecule has 1 amide bonds. The number of carboxylic acids is 1. The average Bonchev–Trinajstić information content (AvgIpc) is 3.63. The molecule has 0 saturated carbocycles. The molecule has 2 heterocycles. The molecule has 0 aromatic heterocycles. The number of likely N-dealkylation sites (tertiary alicyclic amines) is 1. The fraction of sp³-hybridized carbons (Fsp3) is 0.412. The van der Waals surface area contributed by atoms with Gasteiger partial charge in [0.25, 0.3) is 0 Å². The molecule has 0 aliphatic carbocycles. The summed E-state index contributed by atoms with van der Waals surface area (Å²) in [5.74, 6) is -0.668. The largest absolute Gasteiger partial charge is 0.494 e. The molecule has 2 aliphatic rings. The van der Waals surface area contributed by atoms with Crippen molar-refractivity contribution in [2.75, 3.05) is 43.8 Å². The van der Waals surface area contributed by atoms with Crippen molar-refractivity contribution in [1.29, 1.82) is 0 Å². The number of hydrogen-bond donors (Lipinski definition) is 2. The van der Waals surface area contributed by atoms with Crippen molar-refractivity contribution in [3.63, 3.8) is 0 Å². The molecule has 2 aliphatic heterocycles. The van der Waals surface area contributed by atoms with Crippen LogP contribution in [0.5, 0.6) is 17.2 Å². The van der Waals surface area contributed by atoms with E-state index in [0.717, 1.165) is 40.8 Å². The predicted molar refractivity (Wildman–Crippen MR) is 171 cm³/mol. The van der Waals surface area contributed by atoms with Gasteiger partial charge in [-0.15, -0.1) is 0 Å². The number of ether oxygens (including phenoxy) is 3. The van der Waals surface area contributed by atoms with Gasteiger partial charge in [0, 0.05) is 30.4 Å². The second kappa shape index (κ2) is 13.9. The van der Waals surface area contributed by atoms with Gasteiger partial charge in [-0.1, -0.05) is 50.2 Å². The number of para-hydroxylation sites is 1. The number of anilines is 1. The van der Waals surface area contributed by atoms with E-state index in [1.165, 1.54) is 6.26 Å². The maximum absolute atomic E-state index is 13.6. The van der Waals surface area contributed by atoms with Gasteiger partial charge in [-0.05, 0) is 65.8 Å². The molecule has 45 heavy (non-hydrogen) atoms. The molecule has 3 aromatic carbocycles. The quantitative estimate of drug-likeness (QED) is 0.253. The van der Waals surface area contributed by atoms with Gasteiger partial charge in [0.15, 0.2) is 11.5 Å². The molecular formula is C34H40N2O8S. The second-order valence-electron chi connectivity index (χ2n) is 11.6. The summed E-state index contributed by atoms with van der Waals surface area (Å²) in [4.78, 5) is 28.5. The van der Waals surface area contributed by atoms with Gasteiger partial charge in [0.1, 0.15) is 15.6 Å². The number of benzene rings is 3. The molecule has 0 bridgehead atoms. The normalized spacial score (nSPS) is 19.4. The molecule has 1 saturated heterocycles. The van der Waals surface area contributed by atoms with Crippen LogP contribution in [0.4, 0.5) is 5.69 Å². The minimum absolute atomic E-state index is 0.000441. The van der Waals surface area contributed by atoms with E-state index >= 15 is 0 Å². The van der Waals surface area contributed by atoms with E-state index in [2.05, 4.69) is 5.32 Å². The summed E-state index contributed by atoms with van der Waals surface area (Å²) in [6.07, 6.45) is 3.10. The lowest BCUT2D eigenvalue weighted by molar-refractivity contribution is -0.143. The summed E-state index contributed by atoms with van der Waals surface area (Å²) in [5.41, 5.74) is 4.46. The first-order valence-corrected chi connectivity index (χ1v) is 17.3. The third-order valence-corrected chi connectivity index (χ3v) is 9.50. The van der Waals surface area contributed by atoms with Gasteiger partial charge in [-0.25, -0.2) is 8.42 Å². The van der Waals surface area contributed by atoms with Gasteiger partial charge in [-0.2, -0.15) is 0 Å². The number of carbonyl (C=O) groups excluding carboxylic acids is 1. The Balaban J connectivity index is 1.42. The smallest absolute Gasteiger partial charge is 0.309 e. The molecule has 2 N–H and O–H groups in total. The minimum atomic E-state index is -3.08. The number of rotatable bonds is 13. The van der Waals surface area contributed by atoms with E-state index in [-0.39, 0.29) is 31.6 Å². The number of hydrogen-bond acceptors (Lipinski definition) is 8. The molecule has 10 nitrogen and oxygen atoms in total. The number of nitrogens with one attached hydrogen (secondary N) is 1. The van der Waals surface area contributed by atoms with Crippen molar-refractivity contribution >= 4 is 27.4 Å². The number of aliphatic carboxylic acids is 1. The van der Waals surface area contributed by atoms with Crippen molar-refractivity contribution in [3.05, 3.63) is 82.9 Å². The number of sulfone groups is 1. The van der Waals surface area contributed by atoms with Crippen LogP contribution in [0, 0.1) is 5.92 Å². The Bertz CT molecular complexity index is 1620. The van der Waals surface area contributed by atoms with Crippen molar-refractivity contribution in [3.8, 4) is 17.2 Å². The zero-order valence-electron chi connectivity index (χ0n) is 25.8. The molecule has 0 unspecified atom stereocenters. The number of fused-ring (bicyclic) bond motifs is 1. The van der Waals surface area contributed by atoms with Crippen molar-refractivity contribution in [2.24, 2.45) is 5.92 Å². The van der Waals surface area contributed by atoms with E-state index in [1.54, 1.807) is 18.2 Å². The highest BCUT2D eigenvalue weighted by Gasteiger charge is 2.48. The highest BCUT2D eigenvalue weighted by atomic mass is 32.2. The Morgan fingerprint density at radius 1 is 0.978 bits per heavy atom. The van der Waals surface area contributed by atoms with Gasteiger partial charge in [0.2, 0.25) is 12.7 Å². The number of nitrogens with zero attached hydrogens (tertiary/aromatic N) is 1. The van der Waals surface area contributed by atoms with Crippen LogP contribution in [0.2, 0.25) is 0 Å². The van der Waals surface area contributed by atoms with Crippen LogP contribution in [0.1, 0.15) is 54.5 Å². The fourth-order valence-electron chi connectivity index (χ4n) is 6.31. The Hall–Kier alpha value is -4.09. The van der Waals surface area contributed by atoms with E-state index in [0.29, 0.717) is 30.2 Å². The highest BCUT2D eigenvalue weighted by Crippen LogP contribution is 2.47. The maximum atomic E-state index is 13.6. The first-order chi connectivity index (χ1) is 21.6. The predicted octanol–water partition coefficient (Wildman–Crippen LogP) is 4.83. The SMILES string of the molecule is CCc1cccc(CC)c1NC(=O)CN1C[C@H](c2ccc3c(c2)OCO3)[C@@H](C(=O)O)[C@@H]1c1ccc(OCCCS(C)(=O)=O)cc1. The first-order valence-electron chi connectivity index (χ1n) is 15.3.